The molecule has 1 aromatic rings. The second-order valence-electron chi connectivity index (χ2n) is 6.21. The molecular formula is C16H25NO3S. The summed E-state index contributed by atoms with van der Waals surface area (Å²) in [6.07, 6.45) is 1.90. The van der Waals surface area contributed by atoms with Crippen molar-refractivity contribution < 1.29 is 13.5 Å². The lowest BCUT2D eigenvalue weighted by atomic mass is 9.87. The third-order valence-corrected chi connectivity index (χ3v) is 6.21. The summed E-state index contributed by atoms with van der Waals surface area (Å²) in [5, 5.41) is 9.13. The molecule has 1 aromatic carbocycles. The van der Waals surface area contributed by atoms with Gasteiger partial charge in [0, 0.05) is 13.1 Å². The number of piperidine rings is 1. The smallest absolute Gasteiger partial charge is 0.218 e. The zero-order valence-electron chi connectivity index (χ0n) is 12.8. The van der Waals surface area contributed by atoms with Crippen LogP contribution in [0.3, 0.4) is 0 Å². The number of nitrogens with zero attached hydrogens (tertiary/aromatic N) is 1. The fraction of sp³-hybridized carbons (Fsp3) is 0.625. The van der Waals surface area contributed by atoms with Crippen LogP contribution in [0.25, 0.3) is 0 Å². The van der Waals surface area contributed by atoms with Crippen molar-refractivity contribution in [1.82, 2.24) is 4.31 Å². The summed E-state index contributed by atoms with van der Waals surface area (Å²) in [7, 11) is -3.26. The third-order valence-electron chi connectivity index (χ3n) is 4.36. The summed E-state index contributed by atoms with van der Waals surface area (Å²) in [6.45, 7) is 5.61. The summed E-state index contributed by atoms with van der Waals surface area (Å²) in [4.78, 5) is 0. The van der Waals surface area contributed by atoms with Crippen LogP contribution in [0.5, 0.6) is 0 Å². The molecule has 1 saturated heterocycles. The Morgan fingerprint density at radius 3 is 2.43 bits per heavy atom. The van der Waals surface area contributed by atoms with Crippen molar-refractivity contribution in [3.05, 3.63) is 35.4 Å². The van der Waals surface area contributed by atoms with Crippen LogP contribution >= 0.6 is 0 Å². The van der Waals surface area contributed by atoms with Gasteiger partial charge in [0.2, 0.25) is 10.0 Å². The van der Waals surface area contributed by atoms with Crippen molar-refractivity contribution in [2.75, 3.05) is 13.1 Å². The van der Waals surface area contributed by atoms with Gasteiger partial charge >= 0.3 is 0 Å². The van der Waals surface area contributed by atoms with Crippen molar-refractivity contribution in [2.45, 2.75) is 39.0 Å². The van der Waals surface area contributed by atoms with E-state index in [2.05, 4.69) is 13.8 Å². The number of rotatable bonds is 5. The molecule has 0 saturated carbocycles. The molecule has 0 radical (unpaired) electrons. The Hall–Kier alpha value is -0.910. The van der Waals surface area contributed by atoms with E-state index in [0.717, 1.165) is 24.0 Å². The maximum atomic E-state index is 12.5. The van der Waals surface area contributed by atoms with E-state index in [-0.39, 0.29) is 12.4 Å². The van der Waals surface area contributed by atoms with E-state index in [9.17, 15) is 8.42 Å². The van der Waals surface area contributed by atoms with Crippen molar-refractivity contribution in [3.8, 4) is 0 Å². The number of benzene rings is 1. The van der Waals surface area contributed by atoms with Crippen LogP contribution < -0.4 is 0 Å². The molecule has 21 heavy (non-hydrogen) atoms. The van der Waals surface area contributed by atoms with E-state index in [1.54, 1.807) is 28.6 Å². The van der Waals surface area contributed by atoms with Crippen molar-refractivity contribution in [3.63, 3.8) is 0 Å². The second-order valence-corrected chi connectivity index (χ2v) is 8.18. The first kappa shape index (κ1) is 16.5. The Morgan fingerprint density at radius 2 is 1.86 bits per heavy atom. The Morgan fingerprint density at radius 1 is 1.24 bits per heavy atom. The molecule has 1 heterocycles. The Bertz CT molecular complexity index is 561. The van der Waals surface area contributed by atoms with E-state index in [4.69, 9.17) is 5.11 Å². The summed E-state index contributed by atoms with van der Waals surface area (Å²) in [5.41, 5.74) is 1.49. The SMILES string of the molecule is CC(C)C1CCN(S(=O)(=O)Cc2cccc(CO)c2)CC1. The number of sulfonamides is 1. The van der Waals surface area contributed by atoms with Gasteiger partial charge in [0.1, 0.15) is 0 Å². The van der Waals surface area contributed by atoms with Crippen LogP contribution in [0.2, 0.25) is 0 Å². The fourth-order valence-corrected chi connectivity index (χ4v) is 4.49. The number of hydrogen-bond acceptors (Lipinski definition) is 3. The predicted molar refractivity (Wildman–Crippen MR) is 84.1 cm³/mol. The molecule has 0 spiro atoms. The Balaban J connectivity index is 2.02. The van der Waals surface area contributed by atoms with Gasteiger partial charge in [-0.3, -0.25) is 0 Å². The maximum absolute atomic E-state index is 12.5. The van der Waals surface area contributed by atoms with Gasteiger partial charge in [0.25, 0.3) is 0 Å². The molecule has 1 aliphatic rings. The lowest BCUT2D eigenvalue weighted by Crippen LogP contribution is -2.40. The first-order valence-corrected chi connectivity index (χ1v) is 9.20. The fourth-order valence-electron chi connectivity index (χ4n) is 2.94. The molecule has 0 aliphatic carbocycles. The van der Waals surface area contributed by atoms with Gasteiger partial charge in [-0.05, 0) is 35.8 Å². The molecule has 1 N–H and O–H groups in total. The minimum Gasteiger partial charge on any atom is -0.392 e. The van der Waals surface area contributed by atoms with Crippen LogP contribution in [0, 0.1) is 11.8 Å². The zero-order valence-corrected chi connectivity index (χ0v) is 13.6. The van der Waals surface area contributed by atoms with Crippen molar-refractivity contribution in [1.29, 1.82) is 0 Å². The van der Waals surface area contributed by atoms with Gasteiger partial charge < -0.3 is 5.11 Å². The third kappa shape index (κ3) is 4.28. The van der Waals surface area contributed by atoms with Crippen molar-refractivity contribution in [2.24, 2.45) is 11.8 Å². The molecule has 1 aliphatic heterocycles. The van der Waals surface area contributed by atoms with Crippen molar-refractivity contribution >= 4 is 10.0 Å². The van der Waals surface area contributed by atoms with E-state index in [1.807, 2.05) is 0 Å². The molecule has 5 heteroatoms. The minimum atomic E-state index is -3.26. The van der Waals surface area contributed by atoms with Crippen LogP contribution in [0.15, 0.2) is 24.3 Å². The molecule has 0 bridgehead atoms. The Kier molecular flexibility index (Phi) is 5.41. The molecule has 2 rings (SSSR count). The maximum Gasteiger partial charge on any atom is 0.218 e. The summed E-state index contributed by atoms with van der Waals surface area (Å²) < 4.78 is 26.6. The predicted octanol–water partition coefficient (Wildman–Crippen LogP) is 2.38. The highest BCUT2D eigenvalue weighted by Gasteiger charge is 2.29. The number of aliphatic hydroxyl groups excluding tert-OH is 1. The molecule has 0 aromatic heterocycles. The molecule has 1 fully saturated rings. The van der Waals surface area contributed by atoms with E-state index in [1.165, 1.54) is 0 Å². The molecule has 0 amide bonds. The number of hydrogen-bond donors (Lipinski definition) is 1. The lowest BCUT2D eigenvalue weighted by Gasteiger charge is -2.33. The zero-order chi connectivity index (χ0) is 15.5. The highest BCUT2D eigenvalue weighted by molar-refractivity contribution is 7.88. The quantitative estimate of drug-likeness (QED) is 0.908. The van der Waals surface area contributed by atoms with Gasteiger partial charge in [-0.15, -0.1) is 0 Å². The molecule has 118 valence electrons. The topological polar surface area (TPSA) is 57.6 Å². The van der Waals surface area contributed by atoms with E-state index >= 15 is 0 Å². The van der Waals surface area contributed by atoms with Gasteiger partial charge in [0.05, 0.1) is 12.4 Å². The summed E-state index contributed by atoms with van der Waals surface area (Å²) in [6, 6.07) is 7.15. The normalized spacial score (nSPS) is 18.3. The van der Waals surface area contributed by atoms with Crippen LogP contribution in [0.1, 0.15) is 37.8 Å². The van der Waals surface area contributed by atoms with E-state index < -0.39 is 10.0 Å². The van der Waals surface area contributed by atoms with E-state index in [0.29, 0.717) is 24.9 Å². The summed E-state index contributed by atoms with van der Waals surface area (Å²) in [5.74, 6) is 1.28. The van der Waals surface area contributed by atoms with Crippen LogP contribution in [-0.2, 0) is 22.4 Å². The monoisotopic (exact) mass is 311 g/mol. The molecular weight excluding hydrogens is 286 g/mol. The molecule has 0 unspecified atom stereocenters. The highest BCUT2D eigenvalue weighted by atomic mass is 32.2. The van der Waals surface area contributed by atoms with Gasteiger partial charge in [-0.1, -0.05) is 38.1 Å². The first-order valence-electron chi connectivity index (χ1n) is 7.59. The first-order chi connectivity index (χ1) is 9.92. The van der Waals surface area contributed by atoms with Crippen LogP contribution in [0.4, 0.5) is 0 Å². The lowest BCUT2D eigenvalue weighted by molar-refractivity contribution is 0.226. The average molecular weight is 311 g/mol. The molecule has 4 nitrogen and oxygen atoms in total. The second kappa shape index (κ2) is 6.90. The largest absolute Gasteiger partial charge is 0.392 e. The standard InChI is InChI=1S/C16H25NO3S/c1-13(2)16-6-8-17(9-7-16)21(19,20)12-15-5-3-4-14(10-15)11-18/h3-5,10,13,16,18H,6-9,11-12H2,1-2H3. The minimum absolute atomic E-state index is 0.0210. The van der Waals surface area contributed by atoms with Gasteiger partial charge in [0.15, 0.2) is 0 Å². The van der Waals surface area contributed by atoms with Crippen LogP contribution in [-0.4, -0.2) is 30.9 Å². The van der Waals surface area contributed by atoms with Gasteiger partial charge in [-0.2, -0.15) is 0 Å². The van der Waals surface area contributed by atoms with Gasteiger partial charge in [-0.25, -0.2) is 12.7 Å². The molecule has 0 atom stereocenters. The average Bonchev–Trinajstić information content (AvgIpc) is 2.47. The summed E-state index contributed by atoms with van der Waals surface area (Å²) >= 11 is 0. The highest BCUT2D eigenvalue weighted by Crippen LogP contribution is 2.26. The number of aliphatic hydroxyl groups is 1. The Labute approximate surface area is 127 Å².